The highest BCUT2D eigenvalue weighted by molar-refractivity contribution is 9.10. The third-order valence-corrected chi connectivity index (χ3v) is 2.52. The van der Waals surface area contributed by atoms with Crippen LogP contribution in [0.1, 0.15) is 13.8 Å². The topological polar surface area (TPSA) is 50.4 Å². The fourth-order valence-electron chi connectivity index (χ4n) is 1.04. The molecule has 0 heterocycles. The minimum atomic E-state index is 0.162. The van der Waals surface area contributed by atoms with Gasteiger partial charge in [0.1, 0.15) is 0 Å². The Kier molecular flexibility index (Phi) is 4.42. The molecule has 0 unspecified atom stereocenters. The lowest BCUT2D eigenvalue weighted by atomic mass is 10.3. The van der Waals surface area contributed by atoms with Crippen LogP contribution in [0.5, 0.6) is 0 Å². The number of anilines is 1. The summed E-state index contributed by atoms with van der Waals surface area (Å²) in [5, 5.41) is 3.63. The van der Waals surface area contributed by atoms with Gasteiger partial charge in [-0.25, -0.2) is 0 Å². The first kappa shape index (κ1) is 12.3. The summed E-state index contributed by atoms with van der Waals surface area (Å²) in [5.74, 6) is 0.382. The van der Waals surface area contributed by atoms with E-state index in [1.165, 1.54) is 0 Å². The van der Waals surface area contributed by atoms with Crippen molar-refractivity contribution in [2.24, 2.45) is 10.7 Å². The Morgan fingerprint density at radius 1 is 1.53 bits per heavy atom. The average Bonchev–Trinajstić information content (AvgIpc) is 2.10. The molecule has 0 spiro atoms. The summed E-state index contributed by atoms with van der Waals surface area (Å²) in [6.07, 6.45) is 0. The predicted molar refractivity (Wildman–Crippen MR) is 69.5 cm³/mol. The van der Waals surface area contributed by atoms with Crippen molar-refractivity contribution < 1.29 is 0 Å². The number of benzene rings is 1. The van der Waals surface area contributed by atoms with Crippen LogP contribution in [0.15, 0.2) is 27.7 Å². The van der Waals surface area contributed by atoms with E-state index in [4.69, 9.17) is 17.3 Å². The standard InChI is InChI=1S/C10H13BrClN3/c1-6(2)14-10(13)15-9-5-7(12)3-4-8(9)11/h3-6H,1-2H3,(H3,13,14,15). The van der Waals surface area contributed by atoms with Crippen LogP contribution in [-0.4, -0.2) is 12.0 Å². The fraction of sp³-hybridized carbons (Fsp3) is 0.300. The minimum Gasteiger partial charge on any atom is -0.370 e. The van der Waals surface area contributed by atoms with Gasteiger partial charge in [-0.15, -0.1) is 0 Å². The molecule has 0 aliphatic rings. The highest BCUT2D eigenvalue weighted by Gasteiger charge is 2.02. The molecule has 0 amide bonds. The van der Waals surface area contributed by atoms with Crippen molar-refractivity contribution in [2.45, 2.75) is 19.9 Å². The molecule has 1 aromatic rings. The van der Waals surface area contributed by atoms with E-state index in [-0.39, 0.29) is 6.04 Å². The van der Waals surface area contributed by atoms with Crippen molar-refractivity contribution in [3.63, 3.8) is 0 Å². The molecule has 3 nitrogen and oxygen atoms in total. The van der Waals surface area contributed by atoms with Crippen LogP contribution in [0.4, 0.5) is 5.69 Å². The fourth-order valence-corrected chi connectivity index (χ4v) is 1.56. The molecule has 0 radical (unpaired) electrons. The zero-order valence-corrected chi connectivity index (χ0v) is 10.9. The molecule has 0 aromatic heterocycles. The number of nitrogens with one attached hydrogen (secondary N) is 1. The van der Waals surface area contributed by atoms with Crippen LogP contribution >= 0.6 is 27.5 Å². The van der Waals surface area contributed by atoms with E-state index in [2.05, 4.69) is 26.2 Å². The maximum atomic E-state index is 5.86. The van der Waals surface area contributed by atoms with Gasteiger partial charge in [-0.05, 0) is 48.0 Å². The molecule has 0 aliphatic heterocycles. The zero-order valence-electron chi connectivity index (χ0n) is 8.59. The van der Waals surface area contributed by atoms with E-state index < -0.39 is 0 Å². The van der Waals surface area contributed by atoms with Gasteiger partial charge in [-0.2, -0.15) is 0 Å². The van der Waals surface area contributed by atoms with Crippen LogP contribution < -0.4 is 11.1 Å². The van der Waals surface area contributed by atoms with E-state index in [0.717, 1.165) is 10.2 Å². The Labute approximate surface area is 103 Å². The van der Waals surface area contributed by atoms with Crippen molar-refractivity contribution in [3.05, 3.63) is 27.7 Å². The first-order valence-corrected chi connectivity index (χ1v) is 5.71. The molecule has 1 rings (SSSR count). The summed E-state index contributed by atoms with van der Waals surface area (Å²) in [7, 11) is 0. The molecule has 0 saturated carbocycles. The Morgan fingerprint density at radius 2 is 2.20 bits per heavy atom. The van der Waals surface area contributed by atoms with Gasteiger partial charge in [-0.3, -0.25) is 4.99 Å². The van der Waals surface area contributed by atoms with Crippen LogP contribution in [0.3, 0.4) is 0 Å². The van der Waals surface area contributed by atoms with Gasteiger partial charge in [0.15, 0.2) is 5.96 Å². The molecule has 1 aromatic carbocycles. The minimum absolute atomic E-state index is 0.162. The number of hydrogen-bond donors (Lipinski definition) is 2. The molecule has 0 fully saturated rings. The first-order valence-electron chi connectivity index (χ1n) is 4.54. The van der Waals surface area contributed by atoms with Gasteiger partial charge < -0.3 is 11.1 Å². The molecule has 15 heavy (non-hydrogen) atoms. The van der Waals surface area contributed by atoms with Crippen LogP contribution in [0.25, 0.3) is 0 Å². The number of guanidine groups is 1. The molecule has 0 aliphatic carbocycles. The average molecular weight is 291 g/mol. The highest BCUT2D eigenvalue weighted by Crippen LogP contribution is 2.25. The van der Waals surface area contributed by atoms with Crippen molar-refractivity contribution in [1.82, 2.24) is 0 Å². The van der Waals surface area contributed by atoms with E-state index >= 15 is 0 Å². The summed E-state index contributed by atoms with van der Waals surface area (Å²) in [6, 6.07) is 5.60. The zero-order chi connectivity index (χ0) is 11.4. The van der Waals surface area contributed by atoms with E-state index in [1.54, 1.807) is 12.1 Å². The van der Waals surface area contributed by atoms with Crippen molar-refractivity contribution >= 4 is 39.2 Å². The van der Waals surface area contributed by atoms with Gasteiger partial charge >= 0.3 is 0 Å². The van der Waals surface area contributed by atoms with Gasteiger partial charge in [0.05, 0.1) is 5.69 Å². The second-order valence-corrected chi connectivity index (χ2v) is 4.65. The lowest BCUT2D eigenvalue weighted by Crippen LogP contribution is -2.24. The van der Waals surface area contributed by atoms with E-state index in [0.29, 0.717) is 11.0 Å². The Hall–Kier alpha value is -0.740. The van der Waals surface area contributed by atoms with E-state index in [1.807, 2.05) is 19.9 Å². The number of nitrogens with zero attached hydrogens (tertiary/aromatic N) is 1. The van der Waals surface area contributed by atoms with Gasteiger partial charge in [0.2, 0.25) is 0 Å². The Balaban J connectivity index is 2.85. The highest BCUT2D eigenvalue weighted by atomic mass is 79.9. The maximum absolute atomic E-state index is 5.86. The lowest BCUT2D eigenvalue weighted by molar-refractivity contribution is 0.833. The normalized spacial score (nSPS) is 11.9. The maximum Gasteiger partial charge on any atom is 0.193 e. The second-order valence-electron chi connectivity index (χ2n) is 3.36. The third kappa shape index (κ3) is 4.10. The summed E-state index contributed by atoms with van der Waals surface area (Å²) in [4.78, 5) is 4.16. The van der Waals surface area contributed by atoms with Crippen molar-refractivity contribution in [2.75, 3.05) is 5.32 Å². The SMILES string of the molecule is CC(C)N=C(N)Nc1cc(Cl)ccc1Br. The van der Waals surface area contributed by atoms with E-state index in [9.17, 15) is 0 Å². The molecule has 0 bridgehead atoms. The summed E-state index contributed by atoms with van der Waals surface area (Å²) >= 11 is 9.26. The van der Waals surface area contributed by atoms with Crippen LogP contribution in [0.2, 0.25) is 5.02 Å². The molecular formula is C10H13BrClN3. The molecule has 5 heteroatoms. The summed E-state index contributed by atoms with van der Waals surface area (Å²) in [6.45, 7) is 3.92. The summed E-state index contributed by atoms with van der Waals surface area (Å²) < 4.78 is 0.897. The largest absolute Gasteiger partial charge is 0.370 e. The second kappa shape index (κ2) is 5.37. The molecule has 3 N–H and O–H groups in total. The predicted octanol–water partition coefficient (Wildman–Crippen LogP) is 3.24. The quantitative estimate of drug-likeness (QED) is 0.649. The van der Waals surface area contributed by atoms with Crippen molar-refractivity contribution in [1.29, 1.82) is 0 Å². The number of aliphatic imine (C=N–C) groups is 1. The molecule has 0 saturated heterocycles. The van der Waals surface area contributed by atoms with Gasteiger partial charge in [-0.1, -0.05) is 11.6 Å². The smallest absolute Gasteiger partial charge is 0.193 e. The monoisotopic (exact) mass is 289 g/mol. The molecule has 82 valence electrons. The van der Waals surface area contributed by atoms with Crippen molar-refractivity contribution in [3.8, 4) is 0 Å². The number of hydrogen-bond acceptors (Lipinski definition) is 1. The first-order chi connectivity index (χ1) is 6.99. The van der Waals surface area contributed by atoms with Crippen LogP contribution in [0, 0.1) is 0 Å². The third-order valence-electron chi connectivity index (χ3n) is 1.59. The van der Waals surface area contributed by atoms with Crippen LogP contribution in [-0.2, 0) is 0 Å². The number of rotatable bonds is 2. The summed E-state index contributed by atoms with van der Waals surface area (Å²) in [5.41, 5.74) is 6.51. The lowest BCUT2D eigenvalue weighted by Gasteiger charge is -2.09. The molecular weight excluding hydrogens is 277 g/mol. The Bertz CT molecular complexity index is 377. The van der Waals surface area contributed by atoms with Gasteiger partial charge in [0.25, 0.3) is 0 Å². The molecule has 0 atom stereocenters. The Morgan fingerprint density at radius 3 is 2.80 bits per heavy atom. The number of nitrogens with two attached hydrogens (primary N) is 1. The van der Waals surface area contributed by atoms with Gasteiger partial charge in [0, 0.05) is 15.5 Å². The number of halogens is 2.